The Balaban J connectivity index is 1.29. The first-order valence-electron chi connectivity index (χ1n) is 17.6. The number of allylic oxidation sites excluding steroid dienone is 1. The van der Waals surface area contributed by atoms with Gasteiger partial charge in [0.1, 0.15) is 6.10 Å². The maximum Gasteiger partial charge on any atom is 0.306 e. The summed E-state index contributed by atoms with van der Waals surface area (Å²) in [6.07, 6.45) is 26.7. The van der Waals surface area contributed by atoms with Crippen molar-refractivity contribution in [3.63, 3.8) is 0 Å². The van der Waals surface area contributed by atoms with E-state index < -0.39 is 0 Å². The van der Waals surface area contributed by atoms with Crippen molar-refractivity contribution >= 4 is 5.97 Å². The highest BCUT2D eigenvalue weighted by Gasteiger charge is 2.59. The second-order valence-corrected chi connectivity index (χ2v) is 15.5. The van der Waals surface area contributed by atoms with Crippen LogP contribution in [0.1, 0.15) is 164 Å². The van der Waals surface area contributed by atoms with Crippen LogP contribution in [-0.4, -0.2) is 12.1 Å². The lowest BCUT2D eigenvalue weighted by Gasteiger charge is -2.58. The maximum atomic E-state index is 12.6. The molecule has 0 aromatic carbocycles. The fraction of sp³-hybridized carbons (Fsp3) is 0.919. The van der Waals surface area contributed by atoms with E-state index in [1.165, 1.54) is 96.3 Å². The average molecular weight is 541 g/mol. The molecule has 0 amide bonds. The number of esters is 1. The summed E-state index contributed by atoms with van der Waals surface area (Å²) in [6, 6.07) is 0. The number of rotatable bonds is 14. The minimum Gasteiger partial charge on any atom is -0.462 e. The molecule has 39 heavy (non-hydrogen) atoms. The zero-order chi connectivity index (χ0) is 28.0. The van der Waals surface area contributed by atoms with E-state index in [2.05, 4.69) is 47.6 Å². The van der Waals surface area contributed by atoms with Gasteiger partial charge in [0, 0.05) is 12.8 Å². The molecule has 224 valence electrons. The van der Waals surface area contributed by atoms with E-state index in [4.69, 9.17) is 4.74 Å². The van der Waals surface area contributed by atoms with Crippen LogP contribution in [0, 0.1) is 46.3 Å². The van der Waals surface area contributed by atoms with Gasteiger partial charge in [0.25, 0.3) is 0 Å². The molecule has 3 saturated carbocycles. The van der Waals surface area contributed by atoms with Gasteiger partial charge < -0.3 is 4.74 Å². The van der Waals surface area contributed by atoms with Gasteiger partial charge in [-0.2, -0.15) is 0 Å². The number of carbonyl (C=O) groups excluding carboxylic acids is 1. The van der Waals surface area contributed by atoms with E-state index in [9.17, 15) is 4.79 Å². The van der Waals surface area contributed by atoms with Crippen LogP contribution in [0.25, 0.3) is 0 Å². The quantitative estimate of drug-likeness (QED) is 0.124. The van der Waals surface area contributed by atoms with E-state index in [1.54, 1.807) is 5.57 Å². The summed E-state index contributed by atoms with van der Waals surface area (Å²) < 4.78 is 6.06. The summed E-state index contributed by atoms with van der Waals surface area (Å²) >= 11 is 0. The molecule has 0 spiro atoms. The molecule has 3 fully saturated rings. The summed E-state index contributed by atoms with van der Waals surface area (Å²) in [7, 11) is 0. The number of unbranched alkanes of at least 4 members (excludes halogenated alkanes) is 6. The zero-order valence-corrected chi connectivity index (χ0v) is 26.9. The molecule has 4 aliphatic carbocycles. The molecule has 0 aromatic rings. The third-order valence-corrected chi connectivity index (χ3v) is 12.5. The second kappa shape index (κ2) is 13.9. The molecule has 0 radical (unpaired) electrons. The van der Waals surface area contributed by atoms with Crippen molar-refractivity contribution in [3.8, 4) is 0 Å². The SMILES string of the molecule is CCCCCCCCCC(=O)O[C@H]1CC[C@@]2(C)C(=CC[C@@H]3[C@H]4CC[C@@H]([C@H](C)CCCC(C)C)[C@]4(C)CC[C@H]32)C1. The zero-order valence-electron chi connectivity index (χ0n) is 26.9. The van der Waals surface area contributed by atoms with E-state index >= 15 is 0 Å². The van der Waals surface area contributed by atoms with E-state index in [1.807, 2.05) is 0 Å². The lowest BCUT2D eigenvalue weighted by Crippen LogP contribution is -2.51. The molecule has 4 rings (SSSR count). The Morgan fingerprint density at radius 1 is 0.897 bits per heavy atom. The molecule has 0 bridgehead atoms. The van der Waals surface area contributed by atoms with Gasteiger partial charge in [0.2, 0.25) is 0 Å². The van der Waals surface area contributed by atoms with Gasteiger partial charge in [-0.15, -0.1) is 0 Å². The Hall–Kier alpha value is -0.790. The van der Waals surface area contributed by atoms with Gasteiger partial charge in [-0.3, -0.25) is 4.79 Å². The van der Waals surface area contributed by atoms with Crippen LogP contribution in [0.3, 0.4) is 0 Å². The van der Waals surface area contributed by atoms with Crippen molar-refractivity contribution < 1.29 is 9.53 Å². The molecule has 4 aliphatic rings. The van der Waals surface area contributed by atoms with Crippen LogP contribution >= 0.6 is 0 Å². The number of carbonyl (C=O) groups is 1. The lowest BCUT2D eigenvalue weighted by atomic mass is 9.47. The average Bonchev–Trinajstić information content (AvgIpc) is 3.25. The van der Waals surface area contributed by atoms with Gasteiger partial charge in [-0.1, -0.05) is 111 Å². The summed E-state index contributed by atoms with van der Waals surface area (Å²) in [6.45, 7) is 14.9. The fourth-order valence-corrected chi connectivity index (χ4v) is 10.2. The van der Waals surface area contributed by atoms with Crippen molar-refractivity contribution in [3.05, 3.63) is 11.6 Å². The number of hydrogen-bond donors (Lipinski definition) is 0. The molecule has 2 nitrogen and oxygen atoms in total. The maximum absolute atomic E-state index is 12.6. The summed E-state index contributed by atoms with van der Waals surface area (Å²) in [5, 5.41) is 0. The topological polar surface area (TPSA) is 26.3 Å². The third-order valence-electron chi connectivity index (χ3n) is 12.5. The second-order valence-electron chi connectivity index (χ2n) is 15.5. The number of hydrogen-bond acceptors (Lipinski definition) is 2. The third kappa shape index (κ3) is 7.17. The summed E-state index contributed by atoms with van der Waals surface area (Å²) in [5.41, 5.74) is 2.54. The molecule has 0 aliphatic heterocycles. The molecule has 0 aromatic heterocycles. The van der Waals surface area contributed by atoms with Gasteiger partial charge in [-0.05, 0) is 97.7 Å². The van der Waals surface area contributed by atoms with Crippen molar-refractivity contribution in [2.45, 2.75) is 170 Å². The summed E-state index contributed by atoms with van der Waals surface area (Å²) in [4.78, 5) is 12.6. The first kappa shape index (κ1) is 31.2. The Morgan fingerprint density at radius 2 is 1.64 bits per heavy atom. The molecule has 0 N–H and O–H groups in total. The Morgan fingerprint density at radius 3 is 2.38 bits per heavy atom. The predicted molar refractivity (Wildman–Crippen MR) is 166 cm³/mol. The first-order valence-corrected chi connectivity index (χ1v) is 17.6. The van der Waals surface area contributed by atoms with Gasteiger partial charge >= 0.3 is 5.97 Å². The molecular weight excluding hydrogens is 476 g/mol. The monoisotopic (exact) mass is 540 g/mol. The molecular formula is C37H64O2. The standard InChI is InChI=1S/C37H64O2/c1-7-8-9-10-11-12-13-17-35(38)39-30-22-24-36(5)29(26-30)18-19-31-33-21-20-32(28(4)16-14-15-27(2)3)37(33,6)25-23-34(31)36/h18,27-28,30-34H,7-17,19-26H2,1-6H3/t28-,30+,31-,32+,33-,34-,36+,37+/m1/s1. The van der Waals surface area contributed by atoms with Gasteiger partial charge in [0.05, 0.1) is 0 Å². The van der Waals surface area contributed by atoms with Crippen molar-refractivity contribution in [1.82, 2.24) is 0 Å². The molecule has 0 saturated heterocycles. The smallest absolute Gasteiger partial charge is 0.306 e. The molecule has 8 atom stereocenters. The van der Waals surface area contributed by atoms with E-state index in [0.29, 0.717) is 17.3 Å². The van der Waals surface area contributed by atoms with Crippen LogP contribution in [0.4, 0.5) is 0 Å². The van der Waals surface area contributed by atoms with Crippen LogP contribution in [0.5, 0.6) is 0 Å². The van der Waals surface area contributed by atoms with Gasteiger partial charge in [0.15, 0.2) is 0 Å². The lowest BCUT2D eigenvalue weighted by molar-refractivity contribution is -0.151. The van der Waals surface area contributed by atoms with Gasteiger partial charge in [-0.25, -0.2) is 0 Å². The van der Waals surface area contributed by atoms with Crippen molar-refractivity contribution in [1.29, 1.82) is 0 Å². The van der Waals surface area contributed by atoms with Crippen LogP contribution in [0.2, 0.25) is 0 Å². The van der Waals surface area contributed by atoms with E-state index in [-0.39, 0.29) is 12.1 Å². The minimum atomic E-state index is 0.0550. The molecule has 2 heteroatoms. The van der Waals surface area contributed by atoms with Crippen LogP contribution in [0.15, 0.2) is 11.6 Å². The Bertz CT molecular complexity index is 812. The predicted octanol–water partition coefficient (Wildman–Crippen LogP) is 11.1. The highest BCUT2D eigenvalue weighted by atomic mass is 16.5. The van der Waals surface area contributed by atoms with Crippen molar-refractivity contribution in [2.24, 2.45) is 46.3 Å². The highest BCUT2D eigenvalue weighted by Crippen LogP contribution is 2.67. The Kier molecular flexibility index (Phi) is 11.1. The number of ether oxygens (including phenoxy) is 1. The van der Waals surface area contributed by atoms with Crippen LogP contribution < -0.4 is 0 Å². The Labute approximate surface area is 242 Å². The first-order chi connectivity index (χ1) is 18.7. The largest absolute Gasteiger partial charge is 0.462 e. The fourth-order valence-electron chi connectivity index (χ4n) is 10.2. The number of fused-ring (bicyclic) bond motifs is 5. The van der Waals surface area contributed by atoms with Crippen LogP contribution in [-0.2, 0) is 9.53 Å². The van der Waals surface area contributed by atoms with Crippen molar-refractivity contribution in [2.75, 3.05) is 0 Å². The highest BCUT2D eigenvalue weighted by molar-refractivity contribution is 5.69. The molecule has 0 unspecified atom stereocenters. The normalized spacial score (nSPS) is 36.6. The summed E-state index contributed by atoms with van der Waals surface area (Å²) in [5.74, 6) is 5.34. The van der Waals surface area contributed by atoms with E-state index in [0.717, 1.165) is 54.8 Å². The molecule has 0 heterocycles. The minimum absolute atomic E-state index is 0.0550.